The van der Waals surface area contributed by atoms with E-state index in [2.05, 4.69) is 46.4 Å². The van der Waals surface area contributed by atoms with Gasteiger partial charge in [0.2, 0.25) is 0 Å². The Morgan fingerprint density at radius 3 is 2.80 bits per heavy atom. The lowest BCUT2D eigenvalue weighted by Gasteiger charge is -2.28. The second-order valence-electron chi connectivity index (χ2n) is 8.35. The van der Waals surface area contributed by atoms with Gasteiger partial charge in [0.25, 0.3) is 0 Å². The predicted octanol–water partition coefficient (Wildman–Crippen LogP) is 5.50. The summed E-state index contributed by atoms with van der Waals surface area (Å²) < 4.78 is 6.05. The topological polar surface area (TPSA) is 50.3 Å². The van der Waals surface area contributed by atoms with Gasteiger partial charge in [-0.15, -0.1) is 12.4 Å². The Hall–Kier alpha value is -2.37. The highest BCUT2D eigenvalue weighted by Crippen LogP contribution is 2.34. The van der Waals surface area contributed by atoms with E-state index in [0.29, 0.717) is 6.04 Å². The third kappa shape index (κ3) is 4.68. The molecule has 0 radical (unpaired) electrons. The van der Waals surface area contributed by atoms with Crippen molar-refractivity contribution >= 4 is 40.4 Å². The number of aromatic nitrogens is 2. The Bertz CT molecular complexity index is 993. The summed E-state index contributed by atoms with van der Waals surface area (Å²) in [5.74, 6) is 0.819. The van der Waals surface area contributed by atoms with Gasteiger partial charge >= 0.3 is 0 Å². The average Bonchev–Trinajstić information content (AvgIpc) is 3.43. The number of benzene rings is 1. The van der Waals surface area contributed by atoms with Crippen LogP contribution in [0, 0.1) is 12.8 Å². The number of aryl methyl sites for hydroxylation is 1. The van der Waals surface area contributed by atoms with Crippen LogP contribution in [0.4, 0.5) is 17.1 Å². The third-order valence-electron chi connectivity index (χ3n) is 5.91. The number of ether oxygens (including phenoxy) is 1. The molecule has 2 fully saturated rings. The van der Waals surface area contributed by atoms with Crippen LogP contribution in [-0.2, 0) is 4.74 Å². The zero-order valence-electron chi connectivity index (χ0n) is 17.4. The summed E-state index contributed by atoms with van der Waals surface area (Å²) in [6.45, 7) is 4.94. The molecule has 1 aliphatic heterocycles. The lowest BCUT2D eigenvalue weighted by atomic mass is 10.1. The molecule has 1 unspecified atom stereocenters. The van der Waals surface area contributed by atoms with E-state index in [9.17, 15) is 0 Å². The Labute approximate surface area is 184 Å². The number of fused-ring (bicyclic) bond motifs is 1. The van der Waals surface area contributed by atoms with E-state index in [4.69, 9.17) is 9.72 Å². The maximum atomic E-state index is 6.05. The summed E-state index contributed by atoms with van der Waals surface area (Å²) in [4.78, 5) is 11.5. The van der Waals surface area contributed by atoms with Crippen molar-refractivity contribution in [2.45, 2.75) is 38.6 Å². The van der Waals surface area contributed by atoms with Crippen molar-refractivity contribution in [3.63, 3.8) is 0 Å². The van der Waals surface area contributed by atoms with Gasteiger partial charge in [-0.3, -0.25) is 9.97 Å². The second kappa shape index (κ2) is 9.19. The number of nitrogens with zero attached hydrogens (tertiary/aromatic N) is 3. The molecule has 0 amide bonds. The second-order valence-corrected chi connectivity index (χ2v) is 8.35. The van der Waals surface area contributed by atoms with Crippen LogP contribution in [0.3, 0.4) is 0 Å². The minimum absolute atomic E-state index is 0. The van der Waals surface area contributed by atoms with Crippen molar-refractivity contribution in [3.05, 3.63) is 54.5 Å². The number of nitrogens with one attached hydrogen (secondary N) is 1. The average molecular weight is 425 g/mol. The molecule has 6 heteroatoms. The van der Waals surface area contributed by atoms with Crippen LogP contribution in [0.25, 0.3) is 10.9 Å². The van der Waals surface area contributed by atoms with Crippen molar-refractivity contribution in [3.8, 4) is 0 Å². The summed E-state index contributed by atoms with van der Waals surface area (Å²) in [5, 5.41) is 4.63. The highest BCUT2D eigenvalue weighted by molar-refractivity contribution is 5.94. The quantitative estimate of drug-likeness (QED) is 0.542. The molecule has 0 bridgehead atoms. The monoisotopic (exact) mass is 424 g/mol. The van der Waals surface area contributed by atoms with Crippen LogP contribution in [0.15, 0.2) is 48.8 Å². The largest absolute Gasteiger partial charge is 0.379 e. The molecule has 2 aromatic heterocycles. The smallest absolute Gasteiger partial charge is 0.0746 e. The van der Waals surface area contributed by atoms with Crippen LogP contribution in [0.2, 0.25) is 0 Å². The fraction of sp³-hybridized carbons (Fsp3) is 0.417. The number of hydrogen-bond acceptors (Lipinski definition) is 5. The highest BCUT2D eigenvalue weighted by atomic mass is 35.5. The minimum atomic E-state index is 0. The van der Waals surface area contributed by atoms with Crippen LogP contribution in [0.1, 0.15) is 31.4 Å². The molecule has 2 aliphatic rings. The van der Waals surface area contributed by atoms with Crippen LogP contribution < -0.4 is 10.2 Å². The maximum absolute atomic E-state index is 6.05. The predicted molar refractivity (Wildman–Crippen MR) is 125 cm³/mol. The molecule has 3 aromatic rings. The molecule has 3 heterocycles. The van der Waals surface area contributed by atoms with E-state index in [1.54, 1.807) is 6.20 Å². The molecule has 30 heavy (non-hydrogen) atoms. The maximum Gasteiger partial charge on any atom is 0.0746 e. The lowest BCUT2D eigenvalue weighted by molar-refractivity contribution is 0.112. The van der Waals surface area contributed by atoms with Crippen LogP contribution in [0.5, 0.6) is 0 Å². The molecule has 1 aliphatic carbocycles. The van der Waals surface area contributed by atoms with Gasteiger partial charge in [0.15, 0.2) is 0 Å². The first kappa shape index (κ1) is 20.9. The van der Waals surface area contributed by atoms with Gasteiger partial charge in [-0.25, -0.2) is 0 Å². The lowest BCUT2D eigenvalue weighted by Crippen LogP contribution is -2.33. The standard InChI is InChI=1S/C24H28N4O.ClH/c1-17-12-24(28-11-3-5-21(28)16-29-15-18-6-7-18)22-9-8-19(13-23(22)26-17)27-20-4-2-10-25-14-20;/h2,4,8-10,12-14,18,21,27H,3,5-7,11,15-16H2,1H3;1H. The molecule has 5 nitrogen and oxygen atoms in total. The molecule has 1 aromatic carbocycles. The number of halogens is 1. The van der Waals surface area contributed by atoms with Crippen LogP contribution in [-0.4, -0.2) is 35.8 Å². The molecular weight excluding hydrogens is 396 g/mol. The van der Waals surface area contributed by atoms with E-state index in [-0.39, 0.29) is 12.4 Å². The molecule has 1 atom stereocenters. The molecule has 1 saturated carbocycles. The number of rotatable bonds is 7. The van der Waals surface area contributed by atoms with Gasteiger partial charge in [-0.1, -0.05) is 0 Å². The summed E-state index contributed by atoms with van der Waals surface area (Å²) in [6, 6.07) is 13.1. The SMILES string of the molecule is Cc1cc(N2CCCC2COCC2CC2)c2ccc(Nc3cccnc3)cc2n1.Cl. The molecule has 5 rings (SSSR count). The number of hydrogen-bond donors (Lipinski definition) is 1. The Balaban J connectivity index is 0.00000218. The highest BCUT2D eigenvalue weighted by Gasteiger charge is 2.28. The zero-order chi connectivity index (χ0) is 19.6. The Morgan fingerprint density at radius 2 is 2.00 bits per heavy atom. The Morgan fingerprint density at radius 1 is 1.10 bits per heavy atom. The van der Waals surface area contributed by atoms with Gasteiger partial charge in [-0.2, -0.15) is 0 Å². The minimum Gasteiger partial charge on any atom is -0.379 e. The fourth-order valence-electron chi connectivity index (χ4n) is 4.24. The number of anilines is 3. The third-order valence-corrected chi connectivity index (χ3v) is 5.91. The van der Waals surface area contributed by atoms with Crippen molar-refractivity contribution in [1.82, 2.24) is 9.97 Å². The first-order valence-electron chi connectivity index (χ1n) is 10.7. The van der Waals surface area contributed by atoms with E-state index in [1.807, 2.05) is 18.3 Å². The molecule has 1 N–H and O–H groups in total. The molecular formula is C24H29ClN4O. The van der Waals surface area contributed by atoms with Gasteiger partial charge in [0, 0.05) is 41.8 Å². The molecule has 158 valence electrons. The van der Waals surface area contributed by atoms with Gasteiger partial charge in [0.05, 0.1) is 30.0 Å². The van der Waals surface area contributed by atoms with Crippen molar-refractivity contribution in [1.29, 1.82) is 0 Å². The fourth-order valence-corrected chi connectivity index (χ4v) is 4.24. The molecule has 1 saturated heterocycles. The van der Waals surface area contributed by atoms with Crippen molar-refractivity contribution < 1.29 is 4.74 Å². The van der Waals surface area contributed by atoms with Gasteiger partial charge in [0.1, 0.15) is 0 Å². The van der Waals surface area contributed by atoms with E-state index < -0.39 is 0 Å². The summed E-state index contributed by atoms with van der Waals surface area (Å²) in [6.07, 6.45) is 8.73. The Kier molecular flexibility index (Phi) is 6.40. The summed E-state index contributed by atoms with van der Waals surface area (Å²) in [7, 11) is 0. The van der Waals surface area contributed by atoms with E-state index >= 15 is 0 Å². The summed E-state index contributed by atoms with van der Waals surface area (Å²) in [5.41, 5.74) is 5.37. The van der Waals surface area contributed by atoms with Gasteiger partial charge < -0.3 is 15.0 Å². The summed E-state index contributed by atoms with van der Waals surface area (Å²) >= 11 is 0. The number of pyridine rings is 2. The zero-order valence-corrected chi connectivity index (χ0v) is 18.2. The van der Waals surface area contributed by atoms with Crippen molar-refractivity contribution in [2.24, 2.45) is 5.92 Å². The van der Waals surface area contributed by atoms with Gasteiger partial charge in [-0.05, 0) is 74.9 Å². The molecule has 0 spiro atoms. The van der Waals surface area contributed by atoms with Crippen LogP contribution >= 0.6 is 12.4 Å². The first-order chi connectivity index (χ1) is 14.3. The first-order valence-corrected chi connectivity index (χ1v) is 10.7. The van der Waals surface area contributed by atoms with E-state index in [1.165, 1.54) is 36.8 Å². The van der Waals surface area contributed by atoms with Crippen molar-refractivity contribution in [2.75, 3.05) is 30.0 Å². The van der Waals surface area contributed by atoms with E-state index in [0.717, 1.165) is 48.3 Å². The normalized spacial score (nSPS) is 18.4.